The largest absolute Gasteiger partial charge is 0.297 e. The molecular weight excluding hydrogens is 290 g/mol. The quantitative estimate of drug-likeness (QED) is 0.921. The second-order valence-electron chi connectivity index (χ2n) is 4.16. The average Bonchev–Trinajstić information content (AvgIpc) is 2.71. The minimum atomic E-state index is -4.06. The summed E-state index contributed by atoms with van der Waals surface area (Å²) in [6, 6.07) is 2.81. The number of rotatable bonds is 4. The van der Waals surface area contributed by atoms with Gasteiger partial charge in [-0.2, -0.15) is 0 Å². The Morgan fingerprint density at radius 3 is 2.30 bits per heavy atom. The van der Waals surface area contributed by atoms with Crippen LogP contribution < -0.4 is 5.14 Å². The molecule has 1 aromatic carbocycles. The van der Waals surface area contributed by atoms with Crippen molar-refractivity contribution in [3.8, 4) is 11.4 Å². The van der Waals surface area contributed by atoms with E-state index in [4.69, 9.17) is 5.14 Å². The van der Waals surface area contributed by atoms with E-state index >= 15 is 0 Å². The van der Waals surface area contributed by atoms with E-state index in [1.54, 1.807) is 0 Å². The molecule has 0 unspecified atom stereocenters. The zero-order valence-electron chi connectivity index (χ0n) is 10.5. The maximum Gasteiger partial charge on any atom is 0.273 e. The lowest BCUT2D eigenvalue weighted by molar-refractivity contribution is 0.559. The summed E-state index contributed by atoms with van der Waals surface area (Å²) < 4.78 is 50.5. The van der Waals surface area contributed by atoms with Gasteiger partial charge in [0.05, 0.1) is 0 Å². The topological polar surface area (TPSA) is 90.9 Å². The molecule has 0 saturated heterocycles. The fraction of sp³-hybridized carbons (Fsp3) is 0.273. The number of primary sulfonamides is 1. The van der Waals surface area contributed by atoms with Crippen LogP contribution in [0.25, 0.3) is 11.4 Å². The highest BCUT2D eigenvalue weighted by atomic mass is 32.2. The number of nitrogens with zero attached hydrogens (tertiary/aromatic N) is 3. The molecule has 0 radical (unpaired) electrons. The highest BCUT2D eigenvalue weighted by Gasteiger charge is 2.22. The van der Waals surface area contributed by atoms with Crippen molar-refractivity contribution in [2.24, 2.45) is 5.14 Å². The lowest BCUT2D eigenvalue weighted by Crippen LogP contribution is -2.19. The van der Waals surface area contributed by atoms with Gasteiger partial charge in [-0.3, -0.25) is 4.57 Å². The molecule has 1 aromatic heterocycles. The summed E-state index contributed by atoms with van der Waals surface area (Å²) in [5, 5.41) is 11.8. The Kier molecular flexibility index (Phi) is 3.82. The van der Waals surface area contributed by atoms with Gasteiger partial charge in [-0.1, -0.05) is 6.92 Å². The number of benzene rings is 1. The van der Waals surface area contributed by atoms with Crippen LogP contribution >= 0.6 is 0 Å². The molecule has 0 spiro atoms. The molecule has 2 N–H and O–H groups in total. The van der Waals surface area contributed by atoms with Gasteiger partial charge in [0.2, 0.25) is 0 Å². The second-order valence-corrected chi connectivity index (χ2v) is 5.62. The molecule has 2 rings (SSSR count). The van der Waals surface area contributed by atoms with Crippen molar-refractivity contribution >= 4 is 10.0 Å². The number of hydrogen-bond acceptors (Lipinski definition) is 4. The first kappa shape index (κ1) is 14.5. The highest BCUT2D eigenvalue weighted by Crippen LogP contribution is 2.22. The van der Waals surface area contributed by atoms with Crippen molar-refractivity contribution in [1.29, 1.82) is 0 Å². The number of halogens is 2. The zero-order chi connectivity index (χ0) is 14.9. The van der Waals surface area contributed by atoms with Gasteiger partial charge in [0.15, 0.2) is 5.82 Å². The Morgan fingerprint density at radius 2 is 1.80 bits per heavy atom. The Balaban J connectivity index is 2.65. The molecule has 108 valence electrons. The minimum absolute atomic E-state index is 0.0503. The summed E-state index contributed by atoms with van der Waals surface area (Å²) in [6.07, 6.45) is 0.575. The first-order valence-electron chi connectivity index (χ1n) is 5.75. The fourth-order valence-corrected chi connectivity index (χ4v) is 2.46. The Bertz CT molecular complexity index is 723. The summed E-state index contributed by atoms with van der Waals surface area (Å²) >= 11 is 0. The SMILES string of the molecule is CCCn1c(-c2cc(F)cc(F)c2)nnc1S(N)(=O)=O. The Morgan fingerprint density at radius 1 is 1.20 bits per heavy atom. The molecule has 2 aromatic rings. The zero-order valence-corrected chi connectivity index (χ0v) is 11.4. The van der Waals surface area contributed by atoms with E-state index < -0.39 is 26.8 Å². The molecule has 0 aliphatic heterocycles. The third-order valence-electron chi connectivity index (χ3n) is 2.54. The molecule has 20 heavy (non-hydrogen) atoms. The monoisotopic (exact) mass is 302 g/mol. The Labute approximate surface area is 114 Å². The molecule has 0 aliphatic rings. The van der Waals surface area contributed by atoms with Crippen LogP contribution in [-0.2, 0) is 16.6 Å². The van der Waals surface area contributed by atoms with Crippen molar-refractivity contribution in [3.05, 3.63) is 29.8 Å². The molecule has 6 nitrogen and oxygen atoms in total. The van der Waals surface area contributed by atoms with Crippen molar-refractivity contribution in [3.63, 3.8) is 0 Å². The van der Waals surface area contributed by atoms with Gasteiger partial charge in [-0.15, -0.1) is 10.2 Å². The highest BCUT2D eigenvalue weighted by molar-refractivity contribution is 7.89. The first-order valence-corrected chi connectivity index (χ1v) is 7.30. The van der Waals surface area contributed by atoms with Crippen molar-refractivity contribution in [1.82, 2.24) is 14.8 Å². The smallest absolute Gasteiger partial charge is 0.273 e. The van der Waals surface area contributed by atoms with Crippen LogP contribution in [-0.4, -0.2) is 23.2 Å². The standard InChI is InChI=1S/C11H12F2N4O2S/c1-2-3-17-10(15-16-11(17)20(14,18)19)7-4-8(12)6-9(13)5-7/h4-6H,2-3H2,1H3,(H2,14,18,19). The molecule has 0 aliphatic carbocycles. The van der Waals surface area contributed by atoms with E-state index in [-0.39, 0.29) is 17.9 Å². The van der Waals surface area contributed by atoms with Gasteiger partial charge < -0.3 is 0 Å². The van der Waals surface area contributed by atoms with E-state index in [2.05, 4.69) is 10.2 Å². The molecular formula is C11H12F2N4O2S. The average molecular weight is 302 g/mol. The van der Waals surface area contributed by atoms with Gasteiger partial charge in [-0.25, -0.2) is 22.3 Å². The lowest BCUT2D eigenvalue weighted by atomic mass is 10.2. The van der Waals surface area contributed by atoms with E-state index in [0.717, 1.165) is 12.1 Å². The molecule has 1 heterocycles. The summed E-state index contributed by atoms with van der Waals surface area (Å²) in [7, 11) is -4.06. The summed E-state index contributed by atoms with van der Waals surface area (Å²) in [5.74, 6) is -1.53. The summed E-state index contributed by atoms with van der Waals surface area (Å²) in [5.41, 5.74) is 0.0957. The first-order chi connectivity index (χ1) is 9.32. The van der Waals surface area contributed by atoms with Crippen LogP contribution in [0.15, 0.2) is 23.4 Å². The van der Waals surface area contributed by atoms with E-state index in [1.807, 2.05) is 6.92 Å². The molecule has 0 fully saturated rings. The predicted molar refractivity (Wildman–Crippen MR) is 67.0 cm³/mol. The summed E-state index contributed by atoms with van der Waals surface area (Å²) in [4.78, 5) is 0. The van der Waals surface area contributed by atoms with Gasteiger partial charge in [0.25, 0.3) is 15.2 Å². The van der Waals surface area contributed by atoms with Gasteiger partial charge in [-0.05, 0) is 18.6 Å². The van der Waals surface area contributed by atoms with Crippen molar-refractivity contribution < 1.29 is 17.2 Å². The van der Waals surface area contributed by atoms with Crippen LogP contribution in [0.2, 0.25) is 0 Å². The van der Waals surface area contributed by atoms with Gasteiger partial charge >= 0.3 is 0 Å². The van der Waals surface area contributed by atoms with E-state index in [9.17, 15) is 17.2 Å². The molecule has 0 atom stereocenters. The Hall–Kier alpha value is -1.87. The molecule has 0 bridgehead atoms. The third kappa shape index (κ3) is 2.83. The summed E-state index contributed by atoms with van der Waals surface area (Å²) in [6.45, 7) is 2.06. The van der Waals surface area contributed by atoms with Crippen molar-refractivity contribution in [2.45, 2.75) is 25.0 Å². The number of sulfonamides is 1. The van der Waals surface area contributed by atoms with Crippen LogP contribution in [0.4, 0.5) is 8.78 Å². The molecule has 0 amide bonds. The minimum Gasteiger partial charge on any atom is -0.297 e. The number of hydrogen-bond donors (Lipinski definition) is 1. The molecule has 9 heteroatoms. The van der Waals surface area contributed by atoms with Crippen LogP contribution in [0.1, 0.15) is 13.3 Å². The van der Waals surface area contributed by atoms with Crippen molar-refractivity contribution in [2.75, 3.05) is 0 Å². The maximum absolute atomic E-state index is 13.2. The van der Waals surface area contributed by atoms with Crippen LogP contribution in [0, 0.1) is 11.6 Å². The second kappa shape index (κ2) is 5.25. The normalized spacial score (nSPS) is 11.8. The van der Waals surface area contributed by atoms with Gasteiger partial charge in [0, 0.05) is 18.2 Å². The van der Waals surface area contributed by atoms with E-state index in [1.165, 1.54) is 4.57 Å². The number of nitrogens with two attached hydrogens (primary N) is 1. The molecule has 0 saturated carbocycles. The maximum atomic E-state index is 13.2. The number of aromatic nitrogens is 3. The lowest BCUT2D eigenvalue weighted by Gasteiger charge is -2.08. The van der Waals surface area contributed by atoms with E-state index in [0.29, 0.717) is 12.5 Å². The predicted octanol–water partition coefficient (Wildman–Crippen LogP) is 1.28. The van der Waals surface area contributed by atoms with Gasteiger partial charge in [0.1, 0.15) is 11.6 Å². The van der Waals surface area contributed by atoms with Crippen LogP contribution in [0.5, 0.6) is 0 Å². The third-order valence-corrected chi connectivity index (χ3v) is 3.35. The fourth-order valence-electron chi connectivity index (χ4n) is 1.82. The van der Waals surface area contributed by atoms with Crippen LogP contribution in [0.3, 0.4) is 0 Å².